The molecule has 4 N–H and O–H groups in total. The Morgan fingerprint density at radius 1 is 0.767 bits per heavy atom. The van der Waals surface area contributed by atoms with Gasteiger partial charge >= 0.3 is 12.2 Å². The lowest BCUT2D eigenvalue weighted by Crippen LogP contribution is -2.54. The minimum absolute atomic E-state index is 0.0942. The number of H-pyrrole nitrogens is 2. The van der Waals surface area contributed by atoms with E-state index in [9.17, 15) is 19.2 Å². The molecule has 2 saturated heterocycles. The Hall–Kier alpha value is -5.92. The van der Waals surface area contributed by atoms with Crippen LogP contribution < -0.4 is 10.6 Å². The van der Waals surface area contributed by atoms with Crippen LogP contribution in [0.5, 0.6) is 0 Å². The van der Waals surface area contributed by atoms with E-state index in [0.29, 0.717) is 17.8 Å². The first-order valence-corrected chi connectivity index (χ1v) is 21.3. The quantitative estimate of drug-likeness (QED) is 0.112. The van der Waals surface area contributed by atoms with E-state index in [1.54, 1.807) is 0 Å². The van der Waals surface area contributed by atoms with Gasteiger partial charge in [-0.15, -0.1) is 0 Å². The van der Waals surface area contributed by atoms with Gasteiger partial charge in [-0.1, -0.05) is 77.1 Å². The van der Waals surface area contributed by atoms with Gasteiger partial charge in [-0.05, 0) is 89.5 Å². The Labute approximate surface area is 349 Å². The Bertz CT molecular complexity index is 2480. The van der Waals surface area contributed by atoms with Crippen LogP contribution in [-0.4, -0.2) is 92.1 Å². The number of imidazole rings is 2. The van der Waals surface area contributed by atoms with Gasteiger partial charge in [0.15, 0.2) is 0 Å². The van der Waals surface area contributed by atoms with Crippen molar-refractivity contribution in [2.24, 2.45) is 29.6 Å². The van der Waals surface area contributed by atoms with Crippen molar-refractivity contribution in [3.63, 3.8) is 0 Å². The van der Waals surface area contributed by atoms with Crippen LogP contribution in [0.3, 0.4) is 0 Å². The number of hydrogen-bond acceptors (Lipinski definition) is 8. The van der Waals surface area contributed by atoms with Gasteiger partial charge in [-0.25, -0.2) is 19.6 Å². The molecule has 0 radical (unpaired) electrons. The lowest BCUT2D eigenvalue weighted by molar-refractivity contribution is -0.139. The van der Waals surface area contributed by atoms with Crippen LogP contribution in [-0.2, 0) is 19.1 Å². The highest BCUT2D eigenvalue weighted by molar-refractivity contribution is 6.05. The molecule has 4 heterocycles. The summed E-state index contributed by atoms with van der Waals surface area (Å²) >= 11 is 0. The number of fused-ring (bicyclic) bond motifs is 6. The first kappa shape index (κ1) is 39.5. The summed E-state index contributed by atoms with van der Waals surface area (Å²) < 4.78 is 9.67. The smallest absolute Gasteiger partial charge is 0.407 e. The third-order valence-electron chi connectivity index (χ3n) is 13.7. The molecule has 2 aromatic heterocycles. The number of carbonyl (C=O) groups is 4. The van der Waals surface area contributed by atoms with Crippen LogP contribution >= 0.6 is 0 Å². The number of nitrogens with zero attached hydrogens (tertiary/aromatic N) is 4. The second-order valence-electron chi connectivity index (χ2n) is 17.9. The lowest BCUT2D eigenvalue weighted by atomic mass is 9.95. The normalized spacial score (nSPS) is 25.2. The summed E-state index contributed by atoms with van der Waals surface area (Å²) in [4.78, 5) is 73.3. The van der Waals surface area contributed by atoms with Crippen LogP contribution in [0.15, 0.2) is 60.8 Å². The first-order chi connectivity index (χ1) is 28.9. The number of rotatable bonds is 10. The van der Waals surface area contributed by atoms with Crippen molar-refractivity contribution in [2.45, 2.75) is 96.6 Å². The number of nitrogens with one attached hydrogen (secondary N) is 4. The topological polar surface area (TPSA) is 175 Å². The molecular weight excluding hydrogens is 761 g/mol. The van der Waals surface area contributed by atoms with Crippen LogP contribution in [0.2, 0.25) is 0 Å². The molecule has 0 spiro atoms. The number of likely N-dealkylation sites (tertiary alicyclic amines) is 2. The fourth-order valence-electron chi connectivity index (χ4n) is 10.5. The number of ether oxygens (including phenoxy) is 2. The Morgan fingerprint density at radius 2 is 1.42 bits per heavy atom. The summed E-state index contributed by atoms with van der Waals surface area (Å²) in [5.74, 6) is 2.25. The van der Waals surface area contributed by atoms with Gasteiger partial charge in [0.2, 0.25) is 11.8 Å². The van der Waals surface area contributed by atoms with E-state index in [-0.39, 0.29) is 47.8 Å². The number of amides is 4. The zero-order chi connectivity index (χ0) is 42.1. The SMILES string of the molecule is COC(=O)NC(C(=O)N1[C@@H]2CC[C@@H](C2)[C@H]1c1ncc(-c2ccc(-c3ccc4c(ccc5[nH]c([C@@H]6CC7C([C@@H]7C)N6C(=O)[C@@H](NC(=O)OC)C(C)C)nc54)c3)cc2)[nH]1)C(C)C. The maximum Gasteiger partial charge on any atom is 0.407 e. The van der Waals surface area contributed by atoms with Gasteiger partial charge < -0.3 is 39.9 Å². The predicted molar refractivity (Wildman–Crippen MR) is 226 cm³/mol. The molecule has 3 aromatic carbocycles. The lowest BCUT2D eigenvalue weighted by Gasteiger charge is -2.37. The number of hydrogen-bond donors (Lipinski definition) is 4. The molecule has 5 aromatic rings. The maximum absolute atomic E-state index is 14.1. The maximum atomic E-state index is 14.1. The van der Waals surface area contributed by atoms with Crippen LogP contribution in [0.4, 0.5) is 9.59 Å². The van der Waals surface area contributed by atoms with Crippen molar-refractivity contribution in [3.05, 3.63) is 72.4 Å². The van der Waals surface area contributed by atoms with E-state index in [1.165, 1.54) is 14.2 Å². The van der Waals surface area contributed by atoms with Crippen molar-refractivity contribution >= 4 is 45.8 Å². The van der Waals surface area contributed by atoms with Crippen LogP contribution in [0.1, 0.15) is 84.0 Å². The zero-order valence-electron chi connectivity index (χ0n) is 35.2. The molecule has 2 aliphatic heterocycles. The van der Waals surface area contributed by atoms with E-state index in [4.69, 9.17) is 19.4 Å². The van der Waals surface area contributed by atoms with Gasteiger partial charge in [0.25, 0.3) is 0 Å². The van der Waals surface area contributed by atoms with Crippen molar-refractivity contribution in [3.8, 4) is 22.4 Å². The number of aromatic nitrogens is 4. The summed E-state index contributed by atoms with van der Waals surface area (Å²) in [7, 11) is 2.62. The molecule has 14 heteroatoms. The summed E-state index contributed by atoms with van der Waals surface area (Å²) in [6.45, 7) is 9.90. The summed E-state index contributed by atoms with van der Waals surface area (Å²) in [5.41, 5.74) is 5.79. The third-order valence-corrected chi connectivity index (χ3v) is 13.7. The molecule has 2 aliphatic carbocycles. The Morgan fingerprint density at radius 3 is 2.08 bits per heavy atom. The average molecular weight is 815 g/mol. The van der Waals surface area contributed by atoms with Crippen molar-refractivity contribution < 1.29 is 28.7 Å². The highest BCUT2D eigenvalue weighted by atomic mass is 16.5. The third kappa shape index (κ3) is 6.73. The monoisotopic (exact) mass is 814 g/mol. The van der Waals surface area contributed by atoms with E-state index < -0.39 is 24.3 Å². The van der Waals surface area contributed by atoms with Gasteiger partial charge in [-0.3, -0.25) is 9.59 Å². The van der Waals surface area contributed by atoms with Crippen LogP contribution in [0.25, 0.3) is 44.2 Å². The molecule has 14 nitrogen and oxygen atoms in total. The molecule has 4 fully saturated rings. The fraction of sp³-hybridized carbons (Fsp3) is 0.478. The number of methoxy groups -OCH3 is 2. The number of alkyl carbamates (subject to hydrolysis) is 2. The van der Waals surface area contributed by atoms with Crippen molar-refractivity contribution in [1.29, 1.82) is 0 Å². The van der Waals surface area contributed by atoms with E-state index in [0.717, 1.165) is 81.5 Å². The summed E-state index contributed by atoms with van der Waals surface area (Å²) in [6.07, 6.45) is 4.37. The highest BCUT2D eigenvalue weighted by Crippen LogP contribution is 2.58. The van der Waals surface area contributed by atoms with Crippen molar-refractivity contribution in [2.75, 3.05) is 14.2 Å². The highest BCUT2D eigenvalue weighted by Gasteiger charge is 2.61. The molecular formula is C46H54N8O6. The number of benzene rings is 3. The Balaban J connectivity index is 0.935. The molecule has 314 valence electrons. The molecule has 2 saturated carbocycles. The average Bonchev–Trinajstić information content (AvgIpc) is 3.97. The molecule has 9 atom stereocenters. The zero-order valence-corrected chi connectivity index (χ0v) is 35.2. The van der Waals surface area contributed by atoms with Gasteiger partial charge in [0.1, 0.15) is 23.7 Å². The number of piperidine rings is 2. The molecule has 60 heavy (non-hydrogen) atoms. The van der Waals surface area contributed by atoms with Gasteiger partial charge in [0, 0.05) is 17.5 Å². The van der Waals surface area contributed by atoms with E-state index in [2.05, 4.69) is 82.1 Å². The number of carbonyl (C=O) groups excluding carboxylic acids is 4. The molecule has 2 bridgehead atoms. The van der Waals surface area contributed by atoms with E-state index in [1.807, 2.05) is 43.7 Å². The largest absolute Gasteiger partial charge is 0.453 e. The molecule has 9 rings (SSSR count). The van der Waals surface area contributed by atoms with Crippen molar-refractivity contribution in [1.82, 2.24) is 40.4 Å². The first-order valence-electron chi connectivity index (χ1n) is 21.3. The second-order valence-corrected chi connectivity index (χ2v) is 17.9. The summed E-state index contributed by atoms with van der Waals surface area (Å²) in [6, 6.07) is 17.5. The van der Waals surface area contributed by atoms with Crippen LogP contribution in [0, 0.1) is 29.6 Å². The Kier molecular flexibility index (Phi) is 10.1. The van der Waals surface area contributed by atoms with E-state index >= 15 is 0 Å². The molecule has 4 aliphatic rings. The standard InChI is InChI=1S/C46H54N8O6/c1-22(2)36(51-45(57)59-6)43(55)53-30-15-12-29(19-30)40(53)42-47-21-34(49-42)26-10-8-25(9-11-26)27-13-16-31-28(18-27)14-17-33-38(31)50-41(48-33)35-20-32-24(5)39(32)54(35)44(56)37(23(3)4)52-46(58)60-7/h8-11,13-14,16-18,21-24,29-30,32,35-37,39-40H,12,15,19-20H2,1-7H3,(H,47,49)(H,48,50)(H,51,57)(H,52,58)/t24-,29+,30-,32?,35+,36?,37+,39?,40+/m1/s1. The number of aromatic amines is 2. The minimum Gasteiger partial charge on any atom is -0.453 e. The second kappa shape index (κ2) is 15.3. The fourth-order valence-corrected chi connectivity index (χ4v) is 10.5. The molecule has 3 unspecified atom stereocenters. The van der Waals surface area contributed by atoms with Gasteiger partial charge in [0.05, 0.1) is 49.2 Å². The van der Waals surface area contributed by atoms with Gasteiger partial charge in [-0.2, -0.15) is 0 Å². The molecule has 4 amide bonds. The predicted octanol–water partition coefficient (Wildman–Crippen LogP) is 7.49. The summed E-state index contributed by atoms with van der Waals surface area (Å²) in [5, 5.41) is 7.62. The minimum atomic E-state index is -0.696.